The number of amides is 1. The summed E-state index contributed by atoms with van der Waals surface area (Å²) in [6, 6.07) is 9.42. The molecule has 1 amide bonds. The van der Waals surface area contributed by atoms with Gasteiger partial charge in [-0.25, -0.2) is 0 Å². The highest BCUT2D eigenvalue weighted by molar-refractivity contribution is 9.10. The first-order valence-corrected chi connectivity index (χ1v) is 8.61. The molecule has 1 heterocycles. The van der Waals surface area contributed by atoms with Crippen LogP contribution in [0.2, 0.25) is 0 Å². The average Bonchev–Trinajstić information content (AvgIpc) is 3.00. The number of aliphatic hydroxyl groups excluding tert-OH is 1. The lowest BCUT2D eigenvalue weighted by Crippen LogP contribution is -2.25. The highest BCUT2D eigenvalue weighted by Crippen LogP contribution is 2.24. The van der Waals surface area contributed by atoms with Crippen LogP contribution in [0.25, 0.3) is 0 Å². The van der Waals surface area contributed by atoms with Crippen molar-refractivity contribution in [3.63, 3.8) is 0 Å². The fraction of sp³-hybridized carbons (Fsp3) is 0.312. The Morgan fingerprint density at radius 1 is 1.33 bits per heavy atom. The van der Waals surface area contributed by atoms with Crippen molar-refractivity contribution in [3.8, 4) is 0 Å². The van der Waals surface area contributed by atoms with Gasteiger partial charge in [0.25, 0.3) is 5.91 Å². The van der Waals surface area contributed by atoms with Crippen LogP contribution in [0.3, 0.4) is 0 Å². The molecule has 2 aromatic rings. The van der Waals surface area contributed by atoms with E-state index in [4.69, 9.17) is 5.11 Å². The quantitative estimate of drug-likeness (QED) is 0.781. The molecule has 0 unspecified atom stereocenters. The molecule has 2 rings (SSSR count). The Balaban J connectivity index is 1.86. The van der Waals surface area contributed by atoms with E-state index in [1.165, 1.54) is 5.56 Å². The summed E-state index contributed by atoms with van der Waals surface area (Å²) in [7, 11) is 0. The standard InChI is InChI=1S/C16H18BrNO2S/c17-15-3-1-2-13(10-15)16(20)18-7-4-12(5-8-19)14-6-9-21-11-14/h1-3,6,9-12,19H,4-5,7-8H2,(H,18,20)/t12-/m0/s1. The van der Waals surface area contributed by atoms with Gasteiger partial charge in [0.2, 0.25) is 0 Å². The molecule has 0 fully saturated rings. The average molecular weight is 368 g/mol. The predicted octanol–water partition coefficient (Wildman–Crippen LogP) is 3.80. The molecule has 5 heteroatoms. The van der Waals surface area contributed by atoms with Crippen LogP contribution in [0.4, 0.5) is 0 Å². The second-order valence-electron chi connectivity index (χ2n) is 4.82. The Morgan fingerprint density at radius 2 is 2.19 bits per heavy atom. The first kappa shape index (κ1) is 16.2. The van der Waals surface area contributed by atoms with Crippen LogP contribution in [0.1, 0.15) is 34.7 Å². The molecule has 1 aromatic carbocycles. The SMILES string of the molecule is O=C(NCC[C@@H](CCO)c1ccsc1)c1cccc(Br)c1. The van der Waals surface area contributed by atoms with Crippen molar-refractivity contribution < 1.29 is 9.90 Å². The number of aliphatic hydroxyl groups is 1. The Bertz CT molecular complexity index is 571. The van der Waals surface area contributed by atoms with Crippen molar-refractivity contribution in [3.05, 3.63) is 56.7 Å². The molecule has 0 saturated heterocycles. The van der Waals surface area contributed by atoms with Gasteiger partial charge in [-0.3, -0.25) is 4.79 Å². The number of carbonyl (C=O) groups excluding carboxylic acids is 1. The zero-order valence-electron chi connectivity index (χ0n) is 11.6. The summed E-state index contributed by atoms with van der Waals surface area (Å²) in [5.41, 5.74) is 1.89. The maximum atomic E-state index is 12.0. The summed E-state index contributed by atoms with van der Waals surface area (Å²) in [4.78, 5) is 12.0. The Morgan fingerprint density at radius 3 is 2.86 bits per heavy atom. The highest BCUT2D eigenvalue weighted by Gasteiger charge is 2.12. The van der Waals surface area contributed by atoms with E-state index in [1.807, 2.05) is 17.5 Å². The predicted molar refractivity (Wildman–Crippen MR) is 89.9 cm³/mol. The maximum Gasteiger partial charge on any atom is 0.251 e. The monoisotopic (exact) mass is 367 g/mol. The Kier molecular flexibility index (Phi) is 6.42. The molecule has 3 nitrogen and oxygen atoms in total. The van der Waals surface area contributed by atoms with Gasteiger partial charge in [0.1, 0.15) is 0 Å². The molecule has 2 N–H and O–H groups in total. The van der Waals surface area contributed by atoms with E-state index in [0.29, 0.717) is 18.0 Å². The van der Waals surface area contributed by atoms with Crippen molar-refractivity contribution in [2.45, 2.75) is 18.8 Å². The number of nitrogens with one attached hydrogen (secondary N) is 1. The van der Waals surface area contributed by atoms with Crippen molar-refractivity contribution >= 4 is 33.2 Å². The zero-order chi connectivity index (χ0) is 15.1. The normalized spacial score (nSPS) is 12.1. The van der Waals surface area contributed by atoms with Gasteiger partial charge in [0.05, 0.1) is 0 Å². The van der Waals surface area contributed by atoms with Gasteiger partial charge < -0.3 is 10.4 Å². The lowest BCUT2D eigenvalue weighted by Gasteiger charge is -2.15. The molecule has 21 heavy (non-hydrogen) atoms. The molecule has 0 aliphatic heterocycles. The van der Waals surface area contributed by atoms with E-state index in [1.54, 1.807) is 23.5 Å². The Hall–Kier alpha value is -1.17. The van der Waals surface area contributed by atoms with Gasteiger partial charge >= 0.3 is 0 Å². The molecular weight excluding hydrogens is 350 g/mol. The van der Waals surface area contributed by atoms with Crippen LogP contribution in [-0.2, 0) is 0 Å². The third-order valence-corrected chi connectivity index (χ3v) is 4.55. The molecule has 0 saturated carbocycles. The molecule has 1 atom stereocenters. The van der Waals surface area contributed by atoms with Crippen molar-refractivity contribution in [2.24, 2.45) is 0 Å². The number of carbonyl (C=O) groups is 1. The summed E-state index contributed by atoms with van der Waals surface area (Å²) in [5, 5.41) is 16.3. The summed E-state index contributed by atoms with van der Waals surface area (Å²) in [6.07, 6.45) is 1.56. The summed E-state index contributed by atoms with van der Waals surface area (Å²) in [5.74, 6) is 0.230. The zero-order valence-corrected chi connectivity index (χ0v) is 14.0. The highest BCUT2D eigenvalue weighted by atomic mass is 79.9. The van der Waals surface area contributed by atoms with Crippen LogP contribution >= 0.6 is 27.3 Å². The second kappa shape index (κ2) is 8.32. The molecule has 1 aromatic heterocycles. The molecule has 0 spiro atoms. The molecule has 0 aliphatic rings. The second-order valence-corrected chi connectivity index (χ2v) is 6.52. The number of hydrogen-bond acceptors (Lipinski definition) is 3. The summed E-state index contributed by atoms with van der Waals surface area (Å²) >= 11 is 5.02. The van der Waals surface area contributed by atoms with Crippen molar-refractivity contribution in [1.29, 1.82) is 0 Å². The van der Waals surface area contributed by atoms with Crippen molar-refractivity contribution in [2.75, 3.05) is 13.2 Å². The minimum atomic E-state index is -0.0654. The summed E-state index contributed by atoms with van der Waals surface area (Å²) < 4.78 is 0.895. The topological polar surface area (TPSA) is 49.3 Å². The molecule has 0 radical (unpaired) electrons. The van der Waals surface area contributed by atoms with E-state index in [9.17, 15) is 4.79 Å². The Labute approximate surface area is 137 Å². The van der Waals surface area contributed by atoms with Gasteiger partial charge in [0, 0.05) is 23.2 Å². The molecule has 0 aliphatic carbocycles. The van der Waals surface area contributed by atoms with E-state index in [2.05, 4.69) is 32.7 Å². The van der Waals surface area contributed by atoms with E-state index in [-0.39, 0.29) is 12.5 Å². The van der Waals surface area contributed by atoms with E-state index in [0.717, 1.165) is 17.3 Å². The van der Waals surface area contributed by atoms with Crippen LogP contribution in [0, 0.1) is 0 Å². The fourth-order valence-corrected chi connectivity index (χ4v) is 3.37. The first-order chi connectivity index (χ1) is 10.2. The number of rotatable bonds is 7. The largest absolute Gasteiger partial charge is 0.396 e. The van der Waals surface area contributed by atoms with Gasteiger partial charge in [-0.2, -0.15) is 11.3 Å². The molecule has 112 valence electrons. The molecule has 0 bridgehead atoms. The van der Waals surface area contributed by atoms with Crippen LogP contribution in [0.5, 0.6) is 0 Å². The van der Waals surface area contributed by atoms with Crippen LogP contribution < -0.4 is 5.32 Å². The maximum absolute atomic E-state index is 12.0. The van der Waals surface area contributed by atoms with Gasteiger partial charge in [-0.1, -0.05) is 22.0 Å². The van der Waals surface area contributed by atoms with Crippen molar-refractivity contribution in [1.82, 2.24) is 5.32 Å². The van der Waals surface area contributed by atoms with Gasteiger partial charge in [-0.15, -0.1) is 0 Å². The van der Waals surface area contributed by atoms with E-state index >= 15 is 0 Å². The number of benzene rings is 1. The fourth-order valence-electron chi connectivity index (χ4n) is 2.23. The lowest BCUT2D eigenvalue weighted by molar-refractivity contribution is 0.0952. The minimum Gasteiger partial charge on any atom is -0.396 e. The number of thiophene rings is 1. The third kappa shape index (κ3) is 4.95. The minimum absolute atomic E-state index is 0.0654. The van der Waals surface area contributed by atoms with Crippen LogP contribution in [-0.4, -0.2) is 24.2 Å². The van der Waals surface area contributed by atoms with Gasteiger partial charge in [0.15, 0.2) is 0 Å². The van der Waals surface area contributed by atoms with Crippen LogP contribution in [0.15, 0.2) is 45.6 Å². The number of hydrogen-bond donors (Lipinski definition) is 2. The number of halogens is 1. The smallest absolute Gasteiger partial charge is 0.251 e. The first-order valence-electron chi connectivity index (χ1n) is 6.87. The summed E-state index contributed by atoms with van der Waals surface area (Å²) in [6.45, 7) is 0.770. The lowest BCUT2D eigenvalue weighted by atomic mass is 9.95. The van der Waals surface area contributed by atoms with E-state index < -0.39 is 0 Å². The van der Waals surface area contributed by atoms with Gasteiger partial charge in [-0.05, 0) is 59.3 Å². The third-order valence-electron chi connectivity index (χ3n) is 3.36. The molecular formula is C16H18BrNO2S.